The van der Waals surface area contributed by atoms with E-state index in [2.05, 4.69) is 39.9 Å². The molecule has 2 aliphatic rings. The van der Waals surface area contributed by atoms with E-state index in [4.69, 9.17) is 4.74 Å². The quantitative estimate of drug-likeness (QED) is 0.312. The molecule has 1 heterocycles. The molecule has 1 aliphatic heterocycles. The van der Waals surface area contributed by atoms with Crippen molar-refractivity contribution in [3.05, 3.63) is 0 Å². The second-order valence-corrected chi connectivity index (χ2v) is 11.7. The molecule has 0 spiro atoms. The summed E-state index contributed by atoms with van der Waals surface area (Å²) >= 11 is 0. The highest BCUT2D eigenvalue weighted by atomic mass is 16.5. The average molecular weight is 408 g/mol. The SMILES string of the molecule is CCCCCCCCCCCCOC1CCC(C2CC(C)(C)NC(C)(C)C2)CC1. The van der Waals surface area contributed by atoms with Gasteiger partial charge in [-0.15, -0.1) is 0 Å². The largest absolute Gasteiger partial charge is 0.378 e. The Hall–Kier alpha value is -0.0800. The molecule has 1 N–H and O–H groups in total. The number of piperidine rings is 1. The molecule has 1 saturated carbocycles. The Morgan fingerprint density at radius 2 is 1.14 bits per heavy atom. The minimum Gasteiger partial charge on any atom is -0.378 e. The maximum absolute atomic E-state index is 6.26. The first-order chi connectivity index (χ1) is 13.8. The molecule has 0 aromatic carbocycles. The van der Waals surface area contributed by atoms with Gasteiger partial charge in [-0.05, 0) is 84.5 Å². The lowest BCUT2D eigenvalue weighted by atomic mass is 9.67. The number of unbranched alkanes of at least 4 members (excludes halogenated alkanes) is 9. The zero-order valence-electron chi connectivity index (χ0n) is 20.7. The molecule has 0 aromatic rings. The Morgan fingerprint density at radius 3 is 1.66 bits per heavy atom. The lowest BCUT2D eigenvalue weighted by Crippen LogP contribution is -2.58. The summed E-state index contributed by atoms with van der Waals surface area (Å²) in [6, 6.07) is 0. The highest BCUT2D eigenvalue weighted by Crippen LogP contribution is 2.42. The molecule has 0 bridgehead atoms. The molecule has 2 nitrogen and oxygen atoms in total. The van der Waals surface area contributed by atoms with Crippen LogP contribution >= 0.6 is 0 Å². The van der Waals surface area contributed by atoms with Crippen molar-refractivity contribution in [3.8, 4) is 0 Å². The van der Waals surface area contributed by atoms with E-state index in [1.165, 1.54) is 103 Å². The van der Waals surface area contributed by atoms with E-state index in [0.29, 0.717) is 6.10 Å². The fraction of sp³-hybridized carbons (Fsp3) is 1.00. The van der Waals surface area contributed by atoms with Gasteiger partial charge in [-0.25, -0.2) is 0 Å². The topological polar surface area (TPSA) is 21.3 Å². The first kappa shape index (κ1) is 25.2. The smallest absolute Gasteiger partial charge is 0.0575 e. The third-order valence-corrected chi connectivity index (χ3v) is 7.46. The van der Waals surface area contributed by atoms with Crippen molar-refractivity contribution in [2.75, 3.05) is 6.61 Å². The summed E-state index contributed by atoms with van der Waals surface area (Å²) in [5.74, 6) is 1.82. The Labute approximate surface area is 183 Å². The molecule has 0 unspecified atom stereocenters. The second kappa shape index (κ2) is 12.7. The van der Waals surface area contributed by atoms with Gasteiger partial charge in [-0.1, -0.05) is 64.7 Å². The Bertz CT molecular complexity index is 406. The lowest BCUT2D eigenvalue weighted by Gasteiger charge is -2.49. The first-order valence-corrected chi connectivity index (χ1v) is 13.2. The highest BCUT2D eigenvalue weighted by Gasteiger charge is 2.41. The molecule has 0 radical (unpaired) electrons. The summed E-state index contributed by atoms with van der Waals surface area (Å²) in [6.45, 7) is 12.9. The van der Waals surface area contributed by atoms with Gasteiger partial charge in [0.25, 0.3) is 0 Å². The number of hydrogen-bond donors (Lipinski definition) is 1. The molecular weight excluding hydrogens is 354 g/mol. The van der Waals surface area contributed by atoms with Crippen LogP contribution in [0.25, 0.3) is 0 Å². The Balaban J connectivity index is 1.49. The zero-order valence-corrected chi connectivity index (χ0v) is 20.7. The molecule has 0 atom stereocenters. The maximum atomic E-state index is 6.26. The van der Waals surface area contributed by atoms with E-state index in [1.54, 1.807) is 0 Å². The van der Waals surface area contributed by atoms with Crippen LogP contribution in [-0.2, 0) is 4.74 Å². The van der Waals surface area contributed by atoms with Crippen molar-refractivity contribution in [2.24, 2.45) is 11.8 Å². The van der Waals surface area contributed by atoms with Crippen LogP contribution in [0, 0.1) is 11.8 Å². The summed E-state index contributed by atoms with van der Waals surface area (Å²) in [5.41, 5.74) is 0.574. The molecule has 29 heavy (non-hydrogen) atoms. The van der Waals surface area contributed by atoms with Gasteiger partial charge in [0.15, 0.2) is 0 Å². The number of ether oxygens (including phenoxy) is 1. The van der Waals surface area contributed by atoms with Gasteiger partial charge in [0.1, 0.15) is 0 Å². The maximum Gasteiger partial charge on any atom is 0.0575 e. The summed E-state index contributed by atoms with van der Waals surface area (Å²) in [5, 5.41) is 3.85. The third kappa shape index (κ3) is 10.2. The first-order valence-electron chi connectivity index (χ1n) is 13.2. The predicted molar refractivity (Wildman–Crippen MR) is 128 cm³/mol. The van der Waals surface area contributed by atoms with Crippen molar-refractivity contribution in [2.45, 2.75) is 155 Å². The van der Waals surface area contributed by atoms with Crippen LogP contribution in [0.15, 0.2) is 0 Å². The zero-order chi connectivity index (χ0) is 21.2. The fourth-order valence-electron chi connectivity index (χ4n) is 6.30. The van der Waals surface area contributed by atoms with Crippen LogP contribution in [0.4, 0.5) is 0 Å². The van der Waals surface area contributed by atoms with E-state index >= 15 is 0 Å². The molecule has 0 aromatic heterocycles. The van der Waals surface area contributed by atoms with Gasteiger partial charge < -0.3 is 10.1 Å². The van der Waals surface area contributed by atoms with Gasteiger partial charge in [0.2, 0.25) is 0 Å². The molecule has 1 saturated heterocycles. The van der Waals surface area contributed by atoms with Crippen molar-refractivity contribution >= 4 is 0 Å². The summed E-state index contributed by atoms with van der Waals surface area (Å²) in [4.78, 5) is 0. The highest BCUT2D eigenvalue weighted by molar-refractivity contribution is 4.99. The minimum absolute atomic E-state index is 0.287. The van der Waals surface area contributed by atoms with E-state index in [-0.39, 0.29) is 11.1 Å². The van der Waals surface area contributed by atoms with Crippen molar-refractivity contribution in [1.29, 1.82) is 0 Å². The number of rotatable bonds is 13. The van der Waals surface area contributed by atoms with Gasteiger partial charge in [0, 0.05) is 17.7 Å². The summed E-state index contributed by atoms with van der Waals surface area (Å²) < 4.78 is 6.26. The number of hydrogen-bond acceptors (Lipinski definition) is 2. The van der Waals surface area contributed by atoms with E-state index in [9.17, 15) is 0 Å². The summed E-state index contributed by atoms with van der Waals surface area (Å²) in [7, 11) is 0. The Kier molecular flexibility index (Phi) is 11.0. The van der Waals surface area contributed by atoms with Gasteiger partial charge >= 0.3 is 0 Å². The van der Waals surface area contributed by atoms with Crippen LogP contribution in [-0.4, -0.2) is 23.8 Å². The molecule has 2 rings (SSSR count). The fourth-order valence-corrected chi connectivity index (χ4v) is 6.30. The van der Waals surface area contributed by atoms with Gasteiger partial charge in [-0.2, -0.15) is 0 Å². The van der Waals surface area contributed by atoms with Crippen molar-refractivity contribution in [3.63, 3.8) is 0 Å². The van der Waals surface area contributed by atoms with Crippen LogP contribution in [0.5, 0.6) is 0 Å². The van der Waals surface area contributed by atoms with E-state index in [0.717, 1.165) is 18.4 Å². The molecular formula is C27H53NO. The standard InChI is InChI=1S/C27H53NO/c1-6-7-8-9-10-11-12-13-14-15-20-29-25-18-16-23(17-19-25)24-21-26(2,3)28-27(4,5)22-24/h23-25,28H,6-22H2,1-5H3. The van der Waals surface area contributed by atoms with E-state index < -0.39 is 0 Å². The van der Waals surface area contributed by atoms with E-state index in [1.807, 2.05) is 0 Å². The lowest BCUT2D eigenvalue weighted by molar-refractivity contribution is -0.00263. The average Bonchev–Trinajstić information content (AvgIpc) is 2.64. The van der Waals surface area contributed by atoms with Crippen LogP contribution in [0.3, 0.4) is 0 Å². The molecule has 0 amide bonds. The molecule has 172 valence electrons. The van der Waals surface area contributed by atoms with Crippen LogP contribution in [0.1, 0.15) is 137 Å². The van der Waals surface area contributed by atoms with Crippen LogP contribution < -0.4 is 5.32 Å². The molecule has 1 aliphatic carbocycles. The van der Waals surface area contributed by atoms with Gasteiger partial charge in [-0.3, -0.25) is 0 Å². The minimum atomic E-state index is 0.287. The van der Waals surface area contributed by atoms with Crippen molar-refractivity contribution in [1.82, 2.24) is 5.32 Å². The number of nitrogens with one attached hydrogen (secondary N) is 1. The Morgan fingerprint density at radius 1 is 0.655 bits per heavy atom. The molecule has 2 fully saturated rings. The normalized spacial score (nSPS) is 27.2. The summed E-state index contributed by atoms with van der Waals surface area (Å²) in [6.07, 6.45) is 22.6. The van der Waals surface area contributed by atoms with Gasteiger partial charge in [0.05, 0.1) is 6.10 Å². The van der Waals surface area contributed by atoms with Crippen molar-refractivity contribution < 1.29 is 4.74 Å². The molecule has 2 heteroatoms. The monoisotopic (exact) mass is 407 g/mol. The predicted octanol–water partition coefficient (Wildman–Crippen LogP) is 8.04. The third-order valence-electron chi connectivity index (χ3n) is 7.46. The second-order valence-electron chi connectivity index (χ2n) is 11.7. The van der Waals surface area contributed by atoms with Crippen LogP contribution in [0.2, 0.25) is 0 Å².